The van der Waals surface area contributed by atoms with Crippen LogP contribution in [0.4, 0.5) is 0 Å². The molecule has 0 aromatic carbocycles. The van der Waals surface area contributed by atoms with Gasteiger partial charge in [0.1, 0.15) is 0 Å². The maximum atomic E-state index is 4.47. The van der Waals surface area contributed by atoms with Gasteiger partial charge in [-0.2, -0.15) is 5.10 Å². The fraction of sp³-hybridized carbons (Fsp3) is 0.727. The van der Waals surface area contributed by atoms with E-state index in [-0.39, 0.29) is 0 Å². The number of hydrogen-bond acceptors (Lipinski definition) is 2. The van der Waals surface area contributed by atoms with Crippen LogP contribution in [0.1, 0.15) is 50.0 Å². The lowest BCUT2D eigenvalue weighted by atomic mass is 9.93. The molecule has 3 heteroatoms. The molecule has 0 bridgehead atoms. The largest absolute Gasteiger partial charge is 0.312 e. The van der Waals surface area contributed by atoms with Crippen LogP contribution in [0.5, 0.6) is 0 Å². The molecule has 0 saturated carbocycles. The monoisotopic (exact) mass is 193 g/mol. The number of aromatic nitrogens is 2. The van der Waals surface area contributed by atoms with Gasteiger partial charge in [0.2, 0.25) is 0 Å². The van der Waals surface area contributed by atoms with E-state index < -0.39 is 0 Å². The highest BCUT2D eigenvalue weighted by atomic mass is 15.3. The Morgan fingerprint density at radius 2 is 2.36 bits per heavy atom. The maximum absolute atomic E-state index is 4.47. The van der Waals surface area contributed by atoms with Gasteiger partial charge in [0.05, 0.1) is 11.9 Å². The third-order valence-electron chi connectivity index (χ3n) is 3.02. The molecule has 0 fully saturated rings. The summed E-state index contributed by atoms with van der Waals surface area (Å²) in [6, 6.07) is 0.969. The molecule has 1 aliphatic rings. The summed E-state index contributed by atoms with van der Waals surface area (Å²) in [4.78, 5) is 0. The predicted octanol–water partition coefficient (Wildman–Crippen LogP) is 2.06. The van der Waals surface area contributed by atoms with Gasteiger partial charge in [-0.25, -0.2) is 0 Å². The van der Waals surface area contributed by atoms with Gasteiger partial charge >= 0.3 is 0 Å². The van der Waals surface area contributed by atoms with Crippen LogP contribution in [0, 0.1) is 0 Å². The quantitative estimate of drug-likeness (QED) is 0.779. The average molecular weight is 193 g/mol. The number of hydrogen-bond donors (Lipinski definition) is 1. The minimum atomic E-state index is 0.465. The maximum Gasteiger partial charge on any atom is 0.0588 e. The fourth-order valence-electron chi connectivity index (χ4n) is 2.31. The first-order valence-corrected chi connectivity index (χ1v) is 5.47. The zero-order valence-corrected chi connectivity index (χ0v) is 9.25. The molecule has 1 atom stereocenters. The lowest BCUT2D eigenvalue weighted by Gasteiger charge is -2.25. The van der Waals surface area contributed by atoms with E-state index in [0.717, 1.165) is 0 Å². The topological polar surface area (TPSA) is 29.9 Å². The minimum Gasteiger partial charge on any atom is -0.312 e. The molecular formula is C11H19N3. The van der Waals surface area contributed by atoms with Crippen LogP contribution in [-0.2, 0) is 6.42 Å². The van der Waals surface area contributed by atoms with E-state index in [1.165, 1.54) is 30.5 Å². The van der Waals surface area contributed by atoms with Crippen LogP contribution >= 0.6 is 0 Å². The minimum absolute atomic E-state index is 0.465. The highest BCUT2D eigenvalue weighted by Gasteiger charge is 2.24. The first-order chi connectivity index (χ1) is 6.74. The molecule has 78 valence electrons. The Morgan fingerprint density at radius 3 is 3.00 bits per heavy atom. The van der Waals surface area contributed by atoms with Crippen molar-refractivity contribution in [3.05, 3.63) is 17.5 Å². The Kier molecular flexibility index (Phi) is 2.59. The Bertz CT molecular complexity index is 314. The van der Waals surface area contributed by atoms with Crippen LogP contribution in [0.2, 0.25) is 0 Å². The van der Waals surface area contributed by atoms with E-state index >= 15 is 0 Å². The number of nitrogens with zero attached hydrogens (tertiary/aromatic N) is 2. The normalized spacial score (nSPS) is 21.3. The lowest BCUT2D eigenvalue weighted by Crippen LogP contribution is -2.25. The summed E-state index contributed by atoms with van der Waals surface area (Å²) in [5, 5.41) is 7.85. The van der Waals surface area contributed by atoms with Crippen molar-refractivity contribution < 1.29 is 0 Å². The molecule has 0 aliphatic heterocycles. The van der Waals surface area contributed by atoms with Gasteiger partial charge in [-0.05, 0) is 45.7 Å². The van der Waals surface area contributed by atoms with Gasteiger partial charge in [0.15, 0.2) is 0 Å². The highest BCUT2D eigenvalue weighted by Crippen LogP contribution is 2.30. The standard InChI is InChI=1S/C11H19N3/c1-8(2)14-11-9(7-13-14)5-4-6-10(11)12-3/h7-8,10,12H,4-6H2,1-3H3. The van der Waals surface area contributed by atoms with Crippen molar-refractivity contribution >= 4 is 0 Å². The summed E-state index contributed by atoms with van der Waals surface area (Å²) >= 11 is 0. The third-order valence-corrected chi connectivity index (χ3v) is 3.02. The van der Waals surface area contributed by atoms with Gasteiger partial charge in [0, 0.05) is 12.1 Å². The Morgan fingerprint density at radius 1 is 1.57 bits per heavy atom. The average Bonchev–Trinajstić information content (AvgIpc) is 2.60. The second-order valence-electron chi connectivity index (χ2n) is 4.33. The van der Waals surface area contributed by atoms with Gasteiger partial charge in [-0.15, -0.1) is 0 Å². The van der Waals surface area contributed by atoms with E-state index in [1.807, 2.05) is 13.2 Å². The van der Waals surface area contributed by atoms with E-state index in [9.17, 15) is 0 Å². The molecule has 0 spiro atoms. The van der Waals surface area contributed by atoms with E-state index in [2.05, 4.69) is 28.9 Å². The van der Waals surface area contributed by atoms with Crippen molar-refractivity contribution in [3.63, 3.8) is 0 Å². The molecule has 3 nitrogen and oxygen atoms in total. The molecule has 14 heavy (non-hydrogen) atoms. The number of rotatable bonds is 2. The summed E-state index contributed by atoms with van der Waals surface area (Å²) in [5.74, 6) is 0. The molecule has 1 heterocycles. The van der Waals surface area contributed by atoms with Crippen LogP contribution in [0.15, 0.2) is 6.20 Å². The molecule has 1 aromatic heterocycles. The fourth-order valence-corrected chi connectivity index (χ4v) is 2.31. The third kappa shape index (κ3) is 1.46. The molecule has 0 amide bonds. The molecule has 1 aromatic rings. The van der Waals surface area contributed by atoms with Crippen LogP contribution in [-0.4, -0.2) is 16.8 Å². The summed E-state index contributed by atoms with van der Waals surface area (Å²) in [5.41, 5.74) is 2.85. The van der Waals surface area contributed by atoms with Crippen LogP contribution < -0.4 is 5.32 Å². The summed E-state index contributed by atoms with van der Waals surface area (Å²) < 4.78 is 2.16. The van der Waals surface area contributed by atoms with Crippen LogP contribution in [0.25, 0.3) is 0 Å². The molecule has 1 aliphatic carbocycles. The van der Waals surface area contributed by atoms with Gasteiger partial charge < -0.3 is 5.32 Å². The van der Waals surface area contributed by atoms with Gasteiger partial charge in [-0.1, -0.05) is 0 Å². The second-order valence-corrected chi connectivity index (χ2v) is 4.33. The molecule has 2 rings (SSSR count). The number of aryl methyl sites for hydroxylation is 1. The second kappa shape index (κ2) is 3.73. The van der Waals surface area contributed by atoms with Crippen molar-refractivity contribution in [2.45, 2.75) is 45.2 Å². The first-order valence-electron chi connectivity index (χ1n) is 5.47. The molecule has 0 radical (unpaired) electrons. The van der Waals surface area contributed by atoms with Crippen molar-refractivity contribution in [3.8, 4) is 0 Å². The van der Waals surface area contributed by atoms with Crippen molar-refractivity contribution in [1.29, 1.82) is 0 Å². The Balaban J connectivity index is 2.41. The summed E-state index contributed by atoms with van der Waals surface area (Å²) in [6.07, 6.45) is 5.75. The molecule has 1 unspecified atom stereocenters. The van der Waals surface area contributed by atoms with Crippen LogP contribution in [0.3, 0.4) is 0 Å². The van der Waals surface area contributed by atoms with E-state index in [0.29, 0.717) is 12.1 Å². The van der Waals surface area contributed by atoms with E-state index in [1.54, 1.807) is 0 Å². The number of fused-ring (bicyclic) bond motifs is 1. The number of nitrogens with one attached hydrogen (secondary N) is 1. The van der Waals surface area contributed by atoms with Crippen molar-refractivity contribution in [1.82, 2.24) is 15.1 Å². The van der Waals surface area contributed by atoms with Crippen molar-refractivity contribution in [2.24, 2.45) is 0 Å². The molecule has 1 N–H and O–H groups in total. The zero-order valence-electron chi connectivity index (χ0n) is 9.25. The van der Waals surface area contributed by atoms with Gasteiger partial charge in [0.25, 0.3) is 0 Å². The highest BCUT2D eigenvalue weighted by molar-refractivity contribution is 5.24. The lowest BCUT2D eigenvalue weighted by molar-refractivity contribution is 0.422. The van der Waals surface area contributed by atoms with Crippen molar-refractivity contribution in [2.75, 3.05) is 7.05 Å². The molecule has 0 saturated heterocycles. The predicted molar refractivity (Wildman–Crippen MR) is 57.4 cm³/mol. The molecular weight excluding hydrogens is 174 g/mol. The summed E-state index contributed by atoms with van der Waals surface area (Å²) in [6.45, 7) is 4.38. The SMILES string of the molecule is CNC1CCCc2cnn(C(C)C)c21. The Hall–Kier alpha value is -0.830. The zero-order chi connectivity index (χ0) is 10.1. The first kappa shape index (κ1) is 9.71. The smallest absolute Gasteiger partial charge is 0.0588 e. The van der Waals surface area contributed by atoms with E-state index in [4.69, 9.17) is 0 Å². The summed E-state index contributed by atoms with van der Waals surface area (Å²) in [7, 11) is 2.04. The Labute approximate surface area is 85.5 Å². The van der Waals surface area contributed by atoms with Gasteiger partial charge in [-0.3, -0.25) is 4.68 Å².